The van der Waals surface area contributed by atoms with Crippen LogP contribution >= 0.6 is 0 Å². The fraction of sp³-hybridized carbons (Fsp3) is 0.350. The Hall–Kier alpha value is -2.18. The molecule has 1 aliphatic rings. The van der Waals surface area contributed by atoms with Crippen LogP contribution in [0.3, 0.4) is 0 Å². The third kappa shape index (κ3) is 4.31. The lowest BCUT2D eigenvalue weighted by Gasteiger charge is -2.31. The summed E-state index contributed by atoms with van der Waals surface area (Å²) in [6.45, 7) is 3.16. The Balaban J connectivity index is 1.63. The van der Waals surface area contributed by atoms with Crippen LogP contribution in [0, 0.1) is 12.8 Å². The summed E-state index contributed by atoms with van der Waals surface area (Å²) in [6.07, 6.45) is 1.40. The molecule has 0 spiro atoms. The van der Waals surface area contributed by atoms with Crippen LogP contribution in [0.1, 0.15) is 24.0 Å². The van der Waals surface area contributed by atoms with E-state index in [9.17, 15) is 13.2 Å². The highest BCUT2D eigenvalue weighted by molar-refractivity contribution is 7.89. The second-order valence-corrected chi connectivity index (χ2v) is 8.66. The Morgan fingerprint density at radius 1 is 1.15 bits per heavy atom. The van der Waals surface area contributed by atoms with Crippen molar-refractivity contribution in [3.05, 3.63) is 65.7 Å². The number of benzene rings is 2. The Morgan fingerprint density at radius 3 is 2.65 bits per heavy atom. The molecule has 0 unspecified atom stereocenters. The molecular weight excluding hydrogens is 348 g/mol. The standard InChI is InChI=1S/C20H24N2O3S/c1-16-7-5-8-17(13-16)14-21-20(23)18-9-6-12-22(15-18)26(24,25)19-10-3-2-4-11-19/h2-5,7-8,10-11,13,18H,6,9,12,14-15H2,1H3,(H,21,23)/t18-/m1/s1. The number of hydrogen-bond acceptors (Lipinski definition) is 3. The first-order chi connectivity index (χ1) is 12.5. The monoisotopic (exact) mass is 372 g/mol. The number of hydrogen-bond donors (Lipinski definition) is 1. The molecule has 1 atom stereocenters. The number of amides is 1. The molecule has 5 nitrogen and oxygen atoms in total. The lowest BCUT2D eigenvalue weighted by Crippen LogP contribution is -2.45. The highest BCUT2D eigenvalue weighted by atomic mass is 32.2. The van der Waals surface area contributed by atoms with Gasteiger partial charge in [-0.1, -0.05) is 48.0 Å². The van der Waals surface area contributed by atoms with E-state index in [1.54, 1.807) is 30.3 Å². The number of aryl methyl sites for hydroxylation is 1. The van der Waals surface area contributed by atoms with E-state index in [-0.39, 0.29) is 23.3 Å². The zero-order valence-corrected chi connectivity index (χ0v) is 15.7. The average molecular weight is 372 g/mol. The number of sulfonamides is 1. The second-order valence-electron chi connectivity index (χ2n) is 6.72. The van der Waals surface area contributed by atoms with Crippen LogP contribution in [-0.4, -0.2) is 31.7 Å². The maximum atomic E-state index is 12.8. The molecule has 0 radical (unpaired) electrons. The Labute approximate surface area is 155 Å². The molecule has 1 heterocycles. The summed E-state index contributed by atoms with van der Waals surface area (Å²) < 4.78 is 27.0. The van der Waals surface area contributed by atoms with Crippen LogP contribution in [0.2, 0.25) is 0 Å². The van der Waals surface area contributed by atoms with E-state index < -0.39 is 10.0 Å². The molecule has 1 saturated heterocycles. The smallest absolute Gasteiger partial charge is 0.243 e. The van der Waals surface area contributed by atoms with Crippen molar-refractivity contribution in [3.8, 4) is 0 Å². The molecule has 1 N–H and O–H groups in total. The van der Waals surface area contributed by atoms with Gasteiger partial charge in [0.25, 0.3) is 0 Å². The number of carbonyl (C=O) groups excluding carboxylic acids is 1. The fourth-order valence-corrected chi connectivity index (χ4v) is 4.82. The van der Waals surface area contributed by atoms with Gasteiger partial charge in [-0.3, -0.25) is 4.79 Å². The van der Waals surface area contributed by atoms with Gasteiger partial charge in [0.05, 0.1) is 10.8 Å². The van der Waals surface area contributed by atoms with Gasteiger partial charge in [0.1, 0.15) is 0 Å². The zero-order chi connectivity index (χ0) is 18.6. The first-order valence-electron chi connectivity index (χ1n) is 8.85. The maximum absolute atomic E-state index is 12.8. The van der Waals surface area contributed by atoms with Gasteiger partial charge in [-0.15, -0.1) is 0 Å². The molecule has 0 aromatic heterocycles. The molecule has 1 amide bonds. The van der Waals surface area contributed by atoms with Crippen molar-refractivity contribution in [2.75, 3.05) is 13.1 Å². The Kier molecular flexibility index (Phi) is 5.74. The molecule has 1 aliphatic heterocycles. The van der Waals surface area contributed by atoms with Crippen molar-refractivity contribution in [2.45, 2.75) is 31.2 Å². The lowest BCUT2D eigenvalue weighted by atomic mass is 9.98. The summed E-state index contributed by atoms with van der Waals surface area (Å²) in [5.41, 5.74) is 2.19. The van der Waals surface area contributed by atoms with Gasteiger partial charge < -0.3 is 5.32 Å². The predicted octanol–water partition coefficient (Wildman–Crippen LogP) is 2.71. The summed E-state index contributed by atoms with van der Waals surface area (Å²) in [5, 5.41) is 2.95. The van der Waals surface area contributed by atoms with Gasteiger partial charge in [-0.2, -0.15) is 4.31 Å². The number of nitrogens with one attached hydrogen (secondary N) is 1. The molecule has 2 aromatic rings. The molecule has 26 heavy (non-hydrogen) atoms. The zero-order valence-electron chi connectivity index (χ0n) is 14.9. The van der Waals surface area contributed by atoms with Crippen molar-refractivity contribution in [1.29, 1.82) is 0 Å². The maximum Gasteiger partial charge on any atom is 0.243 e. The van der Waals surface area contributed by atoms with E-state index >= 15 is 0 Å². The van der Waals surface area contributed by atoms with Crippen LogP contribution in [-0.2, 0) is 21.4 Å². The van der Waals surface area contributed by atoms with E-state index in [4.69, 9.17) is 0 Å². The fourth-order valence-electron chi connectivity index (χ4n) is 3.27. The normalized spacial score (nSPS) is 18.4. The summed E-state index contributed by atoms with van der Waals surface area (Å²) in [4.78, 5) is 12.8. The minimum atomic E-state index is -3.55. The Morgan fingerprint density at radius 2 is 1.92 bits per heavy atom. The van der Waals surface area contributed by atoms with Gasteiger partial charge in [-0.05, 0) is 37.5 Å². The van der Waals surface area contributed by atoms with E-state index in [0.717, 1.165) is 11.1 Å². The first-order valence-corrected chi connectivity index (χ1v) is 10.3. The van der Waals surface area contributed by atoms with Gasteiger partial charge >= 0.3 is 0 Å². The average Bonchev–Trinajstić information content (AvgIpc) is 2.67. The van der Waals surface area contributed by atoms with Gasteiger partial charge in [0.2, 0.25) is 15.9 Å². The van der Waals surface area contributed by atoms with E-state index in [1.165, 1.54) is 4.31 Å². The van der Waals surface area contributed by atoms with Crippen LogP contribution in [0.15, 0.2) is 59.5 Å². The molecule has 6 heteroatoms. The number of nitrogens with zero attached hydrogens (tertiary/aromatic N) is 1. The molecule has 0 saturated carbocycles. The third-order valence-electron chi connectivity index (χ3n) is 4.69. The SMILES string of the molecule is Cc1cccc(CNC(=O)[C@@H]2CCCN(S(=O)(=O)c3ccccc3)C2)c1. The third-order valence-corrected chi connectivity index (χ3v) is 6.56. The topological polar surface area (TPSA) is 66.5 Å². The van der Waals surface area contributed by atoms with Crippen molar-refractivity contribution < 1.29 is 13.2 Å². The van der Waals surface area contributed by atoms with Crippen LogP contribution in [0.5, 0.6) is 0 Å². The van der Waals surface area contributed by atoms with Crippen LogP contribution < -0.4 is 5.32 Å². The Bertz CT molecular complexity index is 866. The van der Waals surface area contributed by atoms with Gasteiger partial charge in [0.15, 0.2) is 0 Å². The summed E-state index contributed by atoms with van der Waals surface area (Å²) in [7, 11) is -3.55. The number of rotatable bonds is 5. The van der Waals surface area contributed by atoms with Gasteiger partial charge in [-0.25, -0.2) is 8.42 Å². The lowest BCUT2D eigenvalue weighted by molar-refractivity contribution is -0.126. The second kappa shape index (κ2) is 8.01. The van der Waals surface area contributed by atoms with E-state index in [1.807, 2.05) is 31.2 Å². The summed E-state index contributed by atoms with van der Waals surface area (Å²) >= 11 is 0. The molecule has 2 aromatic carbocycles. The van der Waals surface area contributed by atoms with Crippen molar-refractivity contribution in [3.63, 3.8) is 0 Å². The van der Waals surface area contributed by atoms with Crippen LogP contribution in [0.25, 0.3) is 0 Å². The molecule has 0 bridgehead atoms. The quantitative estimate of drug-likeness (QED) is 0.878. The minimum absolute atomic E-state index is 0.0838. The van der Waals surface area contributed by atoms with E-state index in [0.29, 0.717) is 25.9 Å². The van der Waals surface area contributed by atoms with E-state index in [2.05, 4.69) is 5.32 Å². The van der Waals surface area contributed by atoms with Crippen LogP contribution in [0.4, 0.5) is 0 Å². The minimum Gasteiger partial charge on any atom is -0.352 e. The highest BCUT2D eigenvalue weighted by Gasteiger charge is 2.33. The number of piperidine rings is 1. The summed E-state index contributed by atoms with van der Waals surface area (Å²) in [5.74, 6) is -0.397. The predicted molar refractivity (Wildman–Crippen MR) is 101 cm³/mol. The molecule has 0 aliphatic carbocycles. The molecular formula is C20H24N2O3S. The van der Waals surface area contributed by atoms with Gasteiger partial charge in [0, 0.05) is 19.6 Å². The summed E-state index contributed by atoms with van der Waals surface area (Å²) in [6, 6.07) is 16.4. The van der Waals surface area contributed by atoms with Crippen molar-refractivity contribution >= 4 is 15.9 Å². The van der Waals surface area contributed by atoms with Crippen molar-refractivity contribution in [1.82, 2.24) is 9.62 Å². The molecule has 3 rings (SSSR count). The molecule has 138 valence electrons. The highest BCUT2D eigenvalue weighted by Crippen LogP contribution is 2.23. The van der Waals surface area contributed by atoms with Crippen molar-refractivity contribution in [2.24, 2.45) is 5.92 Å². The first kappa shape index (κ1) is 18.6. The number of carbonyl (C=O) groups is 1. The molecule has 1 fully saturated rings. The largest absolute Gasteiger partial charge is 0.352 e.